The largest absolute Gasteiger partial charge is 0.357 e. The summed E-state index contributed by atoms with van der Waals surface area (Å²) < 4.78 is 0. The molecular weight excluding hydrogens is 220 g/mol. The molecule has 3 heteroatoms. The summed E-state index contributed by atoms with van der Waals surface area (Å²) in [6, 6.07) is 2.13. The molecule has 0 N–H and O–H groups in total. The molecule has 0 bridgehead atoms. The maximum absolute atomic E-state index is 6.20. The number of hydrogen-bond acceptors (Lipinski definition) is 2. The van der Waals surface area contributed by atoms with Gasteiger partial charge in [0.25, 0.3) is 0 Å². The summed E-state index contributed by atoms with van der Waals surface area (Å²) in [6.07, 6.45) is 6.61. The molecule has 86 valence electrons. The lowest BCUT2D eigenvalue weighted by molar-refractivity contribution is 0.934. The van der Waals surface area contributed by atoms with E-state index in [1.54, 1.807) is 0 Å². The number of nitrogens with zero attached hydrogens (tertiary/aromatic N) is 2. The van der Waals surface area contributed by atoms with Gasteiger partial charge in [0.05, 0.1) is 0 Å². The molecule has 16 heavy (non-hydrogen) atoms. The van der Waals surface area contributed by atoms with Crippen LogP contribution in [0.5, 0.6) is 0 Å². The Morgan fingerprint density at radius 1 is 1.25 bits per heavy atom. The van der Waals surface area contributed by atoms with Gasteiger partial charge in [0.1, 0.15) is 11.0 Å². The van der Waals surface area contributed by atoms with Crippen molar-refractivity contribution in [2.24, 2.45) is 0 Å². The van der Waals surface area contributed by atoms with Gasteiger partial charge in [0.15, 0.2) is 0 Å². The Hall–Kier alpha value is -1.02. The van der Waals surface area contributed by atoms with Crippen LogP contribution in [-0.4, -0.2) is 18.1 Å². The molecule has 2 heterocycles. The summed E-state index contributed by atoms with van der Waals surface area (Å²) in [5.74, 6) is 1.02. The normalized spacial score (nSPS) is 18.6. The van der Waals surface area contributed by atoms with Gasteiger partial charge in [-0.3, -0.25) is 0 Å². The summed E-state index contributed by atoms with van der Waals surface area (Å²) in [5, 5.41) is 2.82. The van der Waals surface area contributed by atoms with Crippen molar-refractivity contribution in [2.75, 3.05) is 18.0 Å². The molecule has 1 saturated heterocycles. The number of rotatable bonds is 1. The Bertz CT molecular complexity index is 487. The molecule has 0 aromatic carbocycles. The van der Waals surface area contributed by atoms with E-state index < -0.39 is 0 Å². The van der Waals surface area contributed by atoms with Crippen LogP contribution in [-0.2, 0) is 0 Å². The molecule has 1 aromatic rings. The zero-order valence-corrected chi connectivity index (χ0v) is 10.6. The van der Waals surface area contributed by atoms with Crippen molar-refractivity contribution in [3.63, 3.8) is 0 Å². The standard InChI is InChI=1S/C13H17ClN2/c1-3-10-9-12(16-7-5-6-8-16)15-13(14)11(10)4-2/h3-4,9H,5-8H2,1-2H3. The Balaban J connectivity index is 2.54. The number of pyridine rings is 1. The fraction of sp³-hybridized carbons (Fsp3) is 0.462. The first-order valence-corrected chi connectivity index (χ1v) is 6.18. The van der Waals surface area contributed by atoms with Gasteiger partial charge in [-0.25, -0.2) is 4.98 Å². The van der Waals surface area contributed by atoms with E-state index in [2.05, 4.69) is 22.0 Å². The third-order valence-electron chi connectivity index (χ3n) is 3.06. The first-order chi connectivity index (χ1) is 7.76. The van der Waals surface area contributed by atoms with E-state index >= 15 is 0 Å². The van der Waals surface area contributed by atoms with E-state index in [1.165, 1.54) is 18.1 Å². The number of hydrogen-bond donors (Lipinski definition) is 0. The lowest BCUT2D eigenvalue weighted by atomic mass is 10.2. The van der Waals surface area contributed by atoms with Crippen LogP contribution >= 0.6 is 11.6 Å². The highest BCUT2D eigenvalue weighted by Gasteiger charge is 2.14. The molecule has 0 aliphatic carbocycles. The SMILES string of the molecule is CC=c1cc(N2CCCC2)nc(Cl)c1=CC. The quantitative estimate of drug-likeness (QED) is 0.693. The molecule has 0 unspecified atom stereocenters. The van der Waals surface area contributed by atoms with Gasteiger partial charge in [-0.1, -0.05) is 23.8 Å². The molecule has 2 nitrogen and oxygen atoms in total. The fourth-order valence-corrected chi connectivity index (χ4v) is 2.47. The third-order valence-corrected chi connectivity index (χ3v) is 3.35. The zero-order valence-electron chi connectivity index (χ0n) is 9.83. The molecule has 0 saturated carbocycles. The average molecular weight is 237 g/mol. The van der Waals surface area contributed by atoms with Crippen LogP contribution in [0.2, 0.25) is 5.15 Å². The Kier molecular flexibility index (Phi) is 3.49. The van der Waals surface area contributed by atoms with Gasteiger partial charge in [-0.2, -0.15) is 0 Å². The number of anilines is 1. The summed E-state index contributed by atoms with van der Waals surface area (Å²) in [5.41, 5.74) is 0. The summed E-state index contributed by atoms with van der Waals surface area (Å²) in [7, 11) is 0. The molecule has 1 aliphatic rings. The van der Waals surface area contributed by atoms with Gasteiger partial charge in [-0.05, 0) is 38.0 Å². The van der Waals surface area contributed by atoms with E-state index in [-0.39, 0.29) is 0 Å². The average Bonchev–Trinajstić information content (AvgIpc) is 2.81. The molecule has 0 amide bonds. The molecule has 0 radical (unpaired) electrons. The monoisotopic (exact) mass is 236 g/mol. The van der Waals surface area contributed by atoms with Crippen LogP contribution in [0.25, 0.3) is 12.2 Å². The Labute approximate surface area is 101 Å². The smallest absolute Gasteiger partial charge is 0.138 e. The highest BCUT2D eigenvalue weighted by atomic mass is 35.5. The Morgan fingerprint density at radius 2 is 1.94 bits per heavy atom. The highest BCUT2D eigenvalue weighted by Crippen LogP contribution is 2.16. The predicted molar refractivity (Wildman–Crippen MR) is 70.2 cm³/mol. The van der Waals surface area contributed by atoms with Crippen molar-refractivity contribution in [2.45, 2.75) is 26.7 Å². The van der Waals surface area contributed by atoms with Crippen molar-refractivity contribution in [3.8, 4) is 0 Å². The molecular formula is C13H17ClN2. The minimum Gasteiger partial charge on any atom is -0.357 e. The van der Waals surface area contributed by atoms with E-state index in [9.17, 15) is 0 Å². The first-order valence-electron chi connectivity index (χ1n) is 5.80. The second-order valence-electron chi connectivity index (χ2n) is 4.05. The van der Waals surface area contributed by atoms with Gasteiger partial charge in [-0.15, -0.1) is 0 Å². The van der Waals surface area contributed by atoms with Gasteiger partial charge < -0.3 is 4.90 Å². The Morgan fingerprint density at radius 3 is 2.50 bits per heavy atom. The van der Waals surface area contributed by atoms with Crippen molar-refractivity contribution in [3.05, 3.63) is 21.7 Å². The fourth-order valence-electron chi connectivity index (χ4n) is 2.16. The minimum atomic E-state index is 0.611. The predicted octanol–water partition coefficient (Wildman–Crippen LogP) is 1.94. The molecule has 1 aromatic heterocycles. The minimum absolute atomic E-state index is 0.611. The third kappa shape index (κ3) is 2.07. The number of aromatic nitrogens is 1. The van der Waals surface area contributed by atoms with Gasteiger partial charge in [0, 0.05) is 18.3 Å². The molecule has 0 spiro atoms. The second kappa shape index (κ2) is 4.88. The lowest BCUT2D eigenvalue weighted by Crippen LogP contribution is -2.30. The van der Waals surface area contributed by atoms with Crippen LogP contribution in [0.1, 0.15) is 26.7 Å². The molecule has 2 rings (SSSR count). The second-order valence-corrected chi connectivity index (χ2v) is 4.40. The zero-order chi connectivity index (χ0) is 11.5. The van der Waals surface area contributed by atoms with Crippen molar-refractivity contribution >= 4 is 29.6 Å². The highest BCUT2D eigenvalue weighted by molar-refractivity contribution is 6.29. The molecule has 0 atom stereocenters. The van der Waals surface area contributed by atoms with E-state index in [0.29, 0.717) is 5.15 Å². The van der Waals surface area contributed by atoms with Gasteiger partial charge in [0.2, 0.25) is 0 Å². The van der Waals surface area contributed by atoms with Gasteiger partial charge >= 0.3 is 0 Å². The van der Waals surface area contributed by atoms with Crippen LogP contribution in [0.15, 0.2) is 6.07 Å². The molecule has 1 fully saturated rings. The molecule has 1 aliphatic heterocycles. The summed E-state index contributed by atoms with van der Waals surface area (Å²) in [6.45, 7) is 6.22. The summed E-state index contributed by atoms with van der Waals surface area (Å²) in [4.78, 5) is 6.78. The van der Waals surface area contributed by atoms with Crippen LogP contribution in [0, 0.1) is 0 Å². The van der Waals surface area contributed by atoms with Crippen LogP contribution < -0.4 is 15.3 Å². The lowest BCUT2D eigenvalue weighted by Gasteiger charge is -2.16. The first kappa shape index (κ1) is 11.5. The van der Waals surface area contributed by atoms with E-state index in [4.69, 9.17) is 11.6 Å². The van der Waals surface area contributed by atoms with Crippen molar-refractivity contribution < 1.29 is 0 Å². The van der Waals surface area contributed by atoms with Crippen molar-refractivity contribution in [1.82, 2.24) is 4.98 Å². The van der Waals surface area contributed by atoms with Crippen LogP contribution in [0.4, 0.5) is 5.82 Å². The van der Waals surface area contributed by atoms with E-state index in [0.717, 1.165) is 24.1 Å². The number of halogens is 1. The van der Waals surface area contributed by atoms with Crippen LogP contribution in [0.3, 0.4) is 0 Å². The maximum atomic E-state index is 6.20. The van der Waals surface area contributed by atoms with E-state index in [1.807, 2.05) is 19.9 Å². The maximum Gasteiger partial charge on any atom is 0.138 e. The topological polar surface area (TPSA) is 16.1 Å². The van der Waals surface area contributed by atoms with Crippen molar-refractivity contribution in [1.29, 1.82) is 0 Å². The summed E-state index contributed by atoms with van der Waals surface area (Å²) >= 11 is 6.20.